The van der Waals surface area contributed by atoms with Crippen molar-refractivity contribution in [3.8, 4) is 0 Å². The number of fused-ring (bicyclic) bond motifs is 1. The predicted molar refractivity (Wildman–Crippen MR) is 79.7 cm³/mol. The molecule has 0 aliphatic carbocycles. The first kappa shape index (κ1) is 14.8. The molecule has 0 fully saturated rings. The molecule has 0 aromatic carbocycles. The van der Waals surface area contributed by atoms with Gasteiger partial charge in [-0.3, -0.25) is 9.36 Å². The van der Waals surface area contributed by atoms with Gasteiger partial charge in [-0.05, 0) is 39.8 Å². The molecule has 0 aliphatic heterocycles. The molecule has 2 rings (SSSR count). The Hall–Kier alpha value is -1.62. The summed E-state index contributed by atoms with van der Waals surface area (Å²) < 4.78 is 1.80. The number of nitrogens with zero attached hydrogens (tertiary/aromatic N) is 3. The highest BCUT2D eigenvalue weighted by Gasteiger charge is 2.24. The van der Waals surface area contributed by atoms with Crippen molar-refractivity contribution in [1.29, 1.82) is 0 Å². The summed E-state index contributed by atoms with van der Waals surface area (Å²) >= 11 is 5.94. The van der Waals surface area contributed by atoms with E-state index in [1.165, 1.54) is 0 Å². The fraction of sp³-hybridized carbons (Fsp3) is 0.500. The minimum absolute atomic E-state index is 0.0752. The van der Waals surface area contributed by atoms with Gasteiger partial charge in [0, 0.05) is 11.7 Å². The van der Waals surface area contributed by atoms with Crippen LogP contribution in [-0.2, 0) is 10.7 Å². The van der Waals surface area contributed by atoms with Crippen LogP contribution >= 0.6 is 11.6 Å². The zero-order chi connectivity index (χ0) is 14.9. The van der Waals surface area contributed by atoms with Crippen molar-refractivity contribution in [2.45, 2.75) is 45.2 Å². The van der Waals surface area contributed by atoms with E-state index in [9.17, 15) is 4.79 Å². The quantitative estimate of drug-likeness (QED) is 0.885. The highest BCUT2D eigenvalue weighted by atomic mass is 35.5. The molecule has 1 amide bonds. The topological polar surface area (TPSA) is 59.8 Å². The van der Waals surface area contributed by atoms with E-state index in [1.807, 2.05) is 39.8 Å². The Morgan fingerprint density at radius 1 is 1.50 bits per heavy atom. The maximum atomic E-state index is 12.3. The van der Waals surface area contributed by atoms with Gasteiger partial charge in [0.1, 0.15) is 17.4 Å². The lowest BCUT2D eigenvalue weighted by Crippen LogP contribution is -2.44. The van der Waals surface area contributed by atoms with Crippen LogP contribution in [0.4, 0.5) is 0 Å². The van der Waals surface area contributed by atoms with Crippen molar-refractivity contribution >= 4 is 28.7 Å². The first-order chi connectivity index (χ1) is 9.33. The molecule has 2 aromatic rings. The summed E-state index contributed by atoms with van der Waals surface area (Å²) in [6.07, 6.45) is 1.69. The largest absolute Gasteiger partial charge is 0.350 e. The van der Waals surface area contributed by atoms with Gasteiger partial charge in [-0.1, -0.05) is 0 Å². The van der Waals surface area contributed by atoms with Gasteiger partial charge in [0.15, 0.2) is 5.65 Å². The molecule has 20 heavy (non-hydrogen) atoms. The van der Waals surface area contributed by atoms with Crippen molar-refractivity contribution in [3.63, 3.8) is 0 Å². The minimum atomic E-state index is -0.414. The Balaban J connectivity index is 2.43. The van der Waals surface area contributed by atoms with Crippen molar-refractivity contribution in [2.24, 2.45) is 0 Å². The second-order valence-electron chi connectivity index (χ2n) is 5.79. The van der Waals surface area contributed by atoms with Crippen molar-refractivity contribution in [1.82, 2.24) is 19.9 Å². The van der Waals surface area contributed by atoms with E-state index in [-0.39, 0.29) is 17.3 Å². The summed E-state index contributed by atoms with van der Waals surface area (Å²) in [6.45, 7) is 7.67. The molecule has 0 bridgehead atoms. The Morgan fingerprint density at radius 3 is 2.80 bits per heavy atom. The number of aromatic nitrogens is 3. The number of carbonyl (C=O) groups is 1. The molecule has 5 nitrogen and oxygen atoms in total. The van der Waals surface area contributed by atoms with Crippen LogP contribution in [0, 0.1) is 0 Å². The van der Waals surface area contributed by atoms with Crippen LogP contribution < -0.4 is 5.32 Å². The van der Waals surface area contributed by atoms with E-state index < -0.39 is 6.04 Å². The number of alkyl halides is 1. The zero-order valence-corrected chi connectivity index (χ0v) is 12.9. The standard InChI is InChI=1S/C14H19ClN4O/c1-9(13(20)18-14(2,3)4)19-11(8-15)17-10-6-5-7-16-12(10)19/h5-7,9H,8H2,1-4H3,(H,18,20). The summed E-state index contributed by atoms with van der Waals surface area (Å²) in [5.74, 6) is 0.814. The third-order valence-corrected chi connectivity index (χ3v) is 3.15. The molecule has 1 unspecified atom stereocenters. The summed E-state index contributed by atoms with van der Waals surface area (Å²) in [7, 11) is 0. The summed E-state index contributed by atoms with van der Waals surface area (Å²) in [5, 5.41) is 2.96. The third kappa shape index (κ3) is 2.93. The number of nitrogens with one attached hydrogen (secondary N) is 1. The molecule has 6 heteroatoms. The van der Waals surface area contributed by atoms with Gasteiger partial charge in [-0.15, -0.1) is 11.6 Å². The van der Waals surface area contributed by atoms with Gasteiger partial charge in [0.05, 0.1) is 5.88 Å². The average molecular weight is 295 g/mol. The summed E-state index contributed by atoms with van der Waals surface area (Å²) in [5.41, 5.74) is 1.15. The molecular weight excluding hydrogens is 276 g/mol. The lowest BCUT2D eigenvalue weighted by Gasteiger charge is -2.24. The van der Waals surface area contributed by atoms with Gasteiger partial charge in [-0.2, -0.15) is 0 Å². The lowest BCUT2D eigenvalue weighted by molar-refractivity contribution is -0.125. The highest BCUT2D eigenvalue weighted by Crippen LogP contribution is 2.21. The van der Waals surface area contributed by atoms with E-state index in [1.54, 1.807) is 10.8 Å². The first-order valence-corrected chi connectivity index (χ1v) is 7.07. The Morgan fingerprint density at radius 2 is 2.20 bits per heavy atom. The number of halogens is 1. The van der Waals surface area contributed by atoms with Gasteiger partial charge in [0.2, 0.25) is 5.91 Å². The average Bonchev–Trinajstić information content (AvgIpc) is 2.74. The van der Waals surface area contributed by atoms with E-state index in [0.29, 0.717) is 11.5 Å². The van der Waals surface area contributed by atoms with Gasteiger partial charge in [-0.25, -0.2) is 9.97 Å². The van der Waals surface area contributed by atoms with Gasteiger partial charge >= 0.3 is 0 Å². The van der Waals surface area contributed by atoms with Crippen molar-refractivity contribution < 1.29 is 4.79 Å². The molecule has 0 aliphatic rings. The fourth-order valence-electron chi connectivity index (χ4n) is 2.07. The Bertz CT molecular complexity index is 630. The third-order valence-electron chi connectivity index (χ3n) is 2.91. The SMILES string of the molecule is CC(C(=O)NC(C)(C)C)n1c(CCl)nc2cccnc21. The van der Waals surface area contributed by atoms with Crippen molar-refractivity contribution in [3.05, 3.63) is 24.2 Å². The van der Waals surface area contributed by atoms with Crippen LogP contribution in [0.3, 0.4) is 0 Å². The molecule has 0 spiro atoms. The lowest BCUT2D eigenvalue weighted by atomic mass is 10.1. The minimum Gasteiger partial charge on any atom is -0.350 e. The number of carbonyl (C=O) groups excluding carboxylic acids is 1. The molecule has 2 heterocycles. The van der Waals surface area contributed by atoms with Crippen LogP contribution in [0.1, 0.15) is 39.6 Å². The first-order valence-electron chi connectivity index (χ1n) is 6.53. The van der Waals surface area contributed by atoms with E-state index in [0.717, 1.165) is 5.52 Å². The molecular formula is C14H19ClN4O. The van der Waals surface area contributed by atoms with E-state index in [2.05, 4.69) is 15.3 Å². The van der Waals surface area contributed by atoms with Crippen LogP contribution in [0.25, 0.3) is 11.2 Å². The number of pyridine rings is 1. The van der Waals surface area contributed by atoms with Crippen LogP contribution in [0.2, 0.25) is 0 Å². The second-order valence-corrected chi connectivity index (χ2v) is 6.06. The number of imidazole rings is 1. The molecule has 108 valence electrons. The molecule has 1 N–H and O–H groups in total. The van der Waals surface area contributed by atoms with Crippen LogP contribution in [0.5, 0.6) is 0 Å². The number of hydrogen-bond donors (Lipinski definition) is 1. The smallest absolute Gasteiger partial charge is 0.243 e. The Labute approximate surface area is 123 Å². The molecule has 1 atom stereocenters. The number of amides is 1. The highest BCUT2D eigenvalue weighted by molar-refractivity contribution is 6.16. The summed E-state index contributed by atoms with van der Waals surface area (Å²) in [6, 6.07) is 3.27. The van der Waals surface area contributed by atoms with E-state index in [4.69, 9.17) is 11.6 Å². The normalized spacial score (nSPS) is 13.4. The van der Waals surface area contributed by atoms with E-state index >= 15 is 0 Å². The Kier molecular flexibility index (Phi) is 3.99. The molecule has 0 radical (unpaired) electrons. The zero-order valence-electron chi connectivity index (χ0n) is 12.1. The number of rotatable bonds is 3. The van der Waals surface area contributed by atoms with Gasteiger partial charge < -0.3 is 5.32 Å². The van der Waals surface area contributed by atoms with Crippen LogP contribution in [0.15, 0.2) is 18.3 Å². The molecule has 0 saturated heterocycles. The number of hydrogen-bond acceptors (Lipinski definition) is 3. The van der Waals surface area contributed by atoms with Crippen molar-refractivity contribution in [2.75, 3.05) is 0 Å². The second kappa shape index (κ2) is 5.40. The monoisotopic (exact) mass is 294 g/mol. The van der Waals surface area contributed by atoms with Gasteiger partial charge in [0.25, 0.3) is 0 Å². The fourth-order valence-corrected chi connectivity index (χ4v) is 2.26. The maximum Gasteiger partial charge on any atom is 0.243 e. The maximum absolute atomic E-state index is 12.3. The molecule has 2 aromatic heterocycles. The molecule has 0 saturated carbocycles. The predicted octanol–water partition coefficient (Wildman–Crippen LogP) is 2.65. The summed E-state index contributed by atoms with van der Waals surface area (Å²) in [4.78, 5) is 21.1. The van der Waals surface area contributed by atoms with Crippen LogP contribution in [-0.4, -0.2) is 26.0 Å².